The topological polar surface area (TPSA) is 59.7 Å². The molecule has 3 heterocycles. The van der Waals surface area contributed by atoms with E-state index in [1.807, 2.05) is 0 Å². The molecule has 0 spiro atoms. The van der Waals surface area contributed by atoms with Gasteiger partial charge in [-0.15, -0.1) is 0 Å². The van der Waals surface area contributed by atoms with Gasteiger partial charge in [0.05, 0.1) is 18.8 Å². The number of likely N-dealkylation sites (tertiary alicyclic amines) is 1. The molecule has 6 nitrogen and oxygen atoms in total. The number of halogens is 6. The van der Waals surface area contributed by atoms with Gasteiger partial charge in [-0.25, -0.2) is 4.98 Å². The fraction of sp³-hybridized carbons (Fsp3) is 0.643. The first kappa shape index (κ1) is 20.2. The minimum Gasteiger partial charge on any atom is -0.377 e. The summed E-state index contributed by atoms with van der Waals surface area (Å²) in [5, 5.41) is 0.711. The first-order chi connectivity index (χ1) is 12.5. The second-order valence-corrected chi connectivity index (χ2v) is 7.79. The highest BCUT2D eigenvalue weighted by Gasteiger charge is 2.42. The summed E-state index contributed by atoms with van der Waals surface area (Å²) >= 11 is 5.82. The SMILES string of the molecule is COCc1nn2c(C(F)(F)F)c(CN3CC(CC(F)(F)Cl)CC3=O)nc2s1. The van der Waals surface area contributed by atoms with Gasteiger partial charge in [0.15, 0.2) is 5.69 Å². The molecule has 0 saturated carbocycles. The number of rotatable bonds is 6. The van der Waals surface area contributed by atoms with Crippen LogP contribution in [-0.2, 0) is 28.9 Å². The summed E-state index contributed by atoms with van der Waals surface area (Å²) in [5.41, 5.74) is -1.47. The van der Waals surface area contributed by atoms with Gasteiger partial charge in [-0.2, -0.15) is 31.6 Å². The molecule has 13 heteroatoms. The Labute approximate surface area is 158 Å². The Morgan fingerprint density at radius 3 is 2.63 bits per heavy atom. The van der Waals surface area contributed by atoms with E-state index in [-0.39, 0.29) is 30.2 Å². The van der Waals surface area contributed by atoms with Crippen LogP contribution in [0.5, 0.6) is 0 Å². The zero-order chi connectivity index (χ0) is 20.0. The molecule has 150 valence electrons. The zero-order valence-corrected chi connectivity index (χ0v) is 15.5. The molecule has 2 aromatic heterocycles. The smallest absolute Gasteiger partial charge is 0.377 e. The number of methoxy groups -OCH3 is 1. The van der Waals surface area contributed by atoms with Crippen molar-refractivity contribution in [2.45, 2.75) is 37.6 Å². The maximum atomic E-state index is 13.5. The second kappa shape index (κ2) is 7.13. The molecular formula is C14H14ClF5N4O2S. The Morgan fingerprint density at radius 1 is 1.33 bits per heavy atom. The maximum absolute atomic E-state index is 13.5. The quantitative estimate of drug-likeness (QED) is 0.517. The van der Waals surface area contributed by atoms with E-state index < -0.39 is 42.0 Å². The molecule has 1 saturated heterocycles. The van der Waals surface area contributed by atoms with Gasteiger partial charge >= 0.3 is 11.6 Å². The molecule has 0 N–H and O–H groups in total. The normalized spacial score (nSPS) is 18.9. The predicted molar refractivity (Wildman–Crippen MR) is 85.5 cm³/mol. The first-order valence-corrected chi connectivity index (χ1v) is 8.95. The fourth-order valence-corrected chi connectivity index (χ4v) is 4.16. The second-order valence-electron chi connectivity index (χ2n) is 6.19. The maximum Gasteiger partial charge on any atom is 0.435 e. The average Bonchev–Trinajstić information content (AvgIpc) is 3.09. The van der Waals surface area contributed by atoms with Crippen molar-refractivity contribution in [3.8, 4) is 0 Å². The van der Waals surface area contributed by atoms with E-state index in [4.69, 9.17) is 16.3 Å². The van der Waals surface area contributed by atoms with E-state index in [0.29, 0.717) is 9.52 Å². The largest absolute Gasteiger partial charge is 0.435 e. The highest BCUT2D eigenvalue weighted by molar-refractivity contribution is 7.16. The van der Waals surface area contributed by atoms with Gasteiger partial charge < -0.3 is 9.64 Å². The number of fused-ring (bicyclic) bond motifs is 1. The van der Waals surface area contributed by atoms with Gasteiger partial charge in [-0.05, 0) is 17.5 Å². The standard InChI is InChI=1S/C14H14ClF5N4O2S/c1-26-6-9-22-24-11(14(18,19)20)8(21-12(24)27-9)5-23-4-7(2-10(23)25)3-13(15,16)17/h7H,2-6H2,1H3. The molecule has 1 fully saturated rings. The lowest BCUT2D eigenvalue weighted by atomic mass is 10.1. The molecule has 1 aliphatic rings. The first-order valence-electron chi connectivity index (χ1n) is 7.76. The minimum absolute atomic E-state index is 0.0138. The number of nitrogens with zero attached hydrogens (tertiary/aromatic N) is 4. The van der Waals surface area contributed by atoms with Gasteiger partial charge in [0.1, 0.15) is 5.01 Å². The summed E-state index contributed by atoms with van der Waals surface area (Å²) in [5.74, 6) is -1.24. The Hall–Kier alpha value is -1.53. The molecule has 27 heavy (non-hydrogen) atoms. The van der Waals surface area contributed by atoms with Crippen LogP contribution in [0, 0.1) is 5.92 Å². The molecular weight excluding hydrogens is 419 g/mol. The van der Waals surface area contributed by atoms with Crippen LogP contribution in [0.15, 0.2) is 0 Å². The molecule has 0 aliphatic carbocycles. The van der Waals surface area contributed by atoms with E-state index in [2.05, 4.69) is 10.1 Å². The third-order valence-electron chi connectivity index (χ3n) is 4.01. The monoisotopic (exact) mass is 432 g/mol. The molecule has 2 aromatic rings. The van der Waals surface area contributed by atoms with Crippen molar-refractivity contribution in [3.63, 3.8) is 0 Å². The van der Waals surface area contributed by atoms with Crippen molar-refractivity contribution < 1.29 is 31.5 Å². The lowest BCUT2D eigenvalue weighted by Crippen LogP contribution is -2.27. The zero-order valence-electron chi connectivity index (χ0n) is 13.9. The van der Waals surface area contributed by atoms with Crippen LogP contribution in [-0.4, -0.2) is 44.4 Å². The minimum atomic E-state index is -4.75. The molecule has 0 aromatic carbocycles. The van der Waals surface area contributed by atoms with Crippen LogP contribution in [0.3, 0.4) is 0 Å². The highest BCUT2D eigenvalue weighted by atomic mass is 35.5. The number of aromatic nitrogens is 3. The van der Waals surface area contributed by atoms with Crippen LogP contribution in [0.2, 0.25) is 0 Å². The third-order valence-corrected chi connectivity index (χ3v) is 5.05. The van der Waals surface area contributed by atoms with Crippen molar-refractivity contribution in [2.75, 3.05) is 13.7 Å². The Bertz CT molecular complexity index is 847. The number of ether oxygens (including phenoxy) is 1. The van der Waals surface area contributed by atoms with E-state index in [1.54, 1.807) is 0 Å². The lowest BCUT2D eigenvalue weighted by molar-refractivity contribution is -0.144. The van der Waals surface area contributed by atoms with Crippen molar-refractivity contribution in [1.82, 2.24) is 19.5 Å². The van der Waals surface area contributed by atoms with Gasteiger partial charge in [-0.3, -0.25) is 4.79 Å². The van der Waals surface area contributed by atoms with Crippen molar-refractivity contribution in [3.05, 3.63) is 16.4 Å². The third kappa shape index (κ3) is 4.49. The lowest BCUT2D eigenvalue weighted by Gasteiger charge is -2.17. The summed E-state index contributed by atoms with van der Waals surface area (Å²) in [4.78, 5) is 17.1. The summed E-state index contributed by atoms with van der Waals surface area (Å²) in [6.45, 7) is -0.501. The van der Waals surface area contributed by atoms with Gasteiger partial charge in [0.25, 0.3) is 0 Å². The molecule has 0 bridgehead atoms. The van der Waals surface area contributed by atoms with Crippen molar-refractivity contribution >= 4 is 33.8 Å². The molecule has 0 radical (unpaired) electrons. The number of hydrogen-bond donors (Lipinski definition) is 0. The summed E-state index contributed by atoms with van der Waals surface area (Å²) in [6.07, 6.45) is -5.66. The van der Waals surface area contributed by atoms with E-state index in [1.165, 1.54) is 7.11 Å². The van der Waals surface area contributed by atoms with Crippen LogP contribution in [0.4, 0.5) is 22.0 Å². The van der Waals surface area contributed by atoms with Crippen molar-refractivity contribution in [1.29, 1.82) is 0 Å². The highest BCUT2D eigenvalue weighted by Crippen LogP contribution is 2.37. The summed E-state index contributed by atoms with van der Waals surface area (Å²) < 4.78 is 72.0. The van der Waals surface area contributed by atoms with Crippen LogP contribution < -0.4 is 0 Å². The van der Waals surface area contributed by atoms with Crippen LogP contribution in [0.25, 0.3) is 4.96 Å². The summed E-state index contributed by atoms with van der Waals surface area (Å²) in [7, 11) is 1.39. The average molecular weight is 433 g/mol. The Kier molecular flexibility index (Phi) is 5.34. The fourth-order valence-electron chi connectivity index (χ4n) is 3.06. The number of carbonyl (C=O) groups excluding carboxylic acids is 1. The van der Waals surface area contributed by atoms with Crippen LogP contribution >= 0.6 is 22.9 Å². The summed E-state index contributed by atoms with van der Waals surface area (Å²) in [6, 6.07) is 0. The molecule has 1 unspecified atom stereocenters. The molecule has 1 atom stereocenters. The van der Waals surface area contributed by atoms with Gasteiger partial charge in [0.2, 0.25) is 10.9 Å². The van der Waals surface area contributed by atoms with E-state index in [0.717, 1.165) is 16.2 Å². The predicted octanol–water partition coefficient (Wildman–Crippen LogP) is 3.53. The Balaban J connectivity index is 1.86. The van der Waals surface area contributed by atoms with Gasteiger partial charge in [-0.1, -0.05) is 11.3 Å². The number of alkyl halides is 6. The Morgan fingerprint density at radius 2 is 2.04 bits per heavy atom. The molecule has 1 amide bonds. The number of hydrogen-bond acceptors (Lipinski definition) is 5. The van der Waals surface area contributed by atoms with Gasteiger partial charge in [0, 0.05) is 26.5 Å². The molecule has 1 aliphatic heterocycles. The van der Waals surface area contributed by atoms with E-state index >= 15 is 0 Å². The number of imidazole rings is 1. The number of amides is 1. The van der Waals surface area contributed by atoms with Crippen LogP contribution in [0.1, 0.15) is 29.2 Å². The van der Waals surface area contributed by atoms with E-state index in [9.17, 15) is 26.7 Å². The molecule has 3 rings (SSSR count). The van der Waals surface area contributed by atoms with Crippen molar-refractivity contribution in [2.24, 2.45) is 5.92 Å². The number of carbonyl (C=O) groups is 1.